The predicted molar refractivity (Wildman–Crippen MR) is 102 cm³/mol. The lowest BCUT2D eigenvalue weighted by Crippen LogP contribution is -2.14. The smallest absolute Gasteiger partial charge is 0.230 e. The van der Waals surface area contributed by atoms with Crippen molar-refractivity contribution in [1.29, 1.82) is 0 Å². The molecule has 0 radical (unpaired) electrons. The maximum Gasteiger partial charge on any atom is 0.230 e. The molecule has 6 nitrogen and oxygen atoms in total. The molecule has 0 saturated carbocycles. The van der Waals surface area contributed by atoms with Gasteiger partial charge < -0.3 is 14.8 Å². The summed E-state index contributed by atoms with van der Waals surface area (Å²) in [5, 5.41) is 12.3. The fourth-order valence-electron chi connectivity index (χ4n) is 2.53. The summed E-state index contributed by atoms with van der Waals surface area (Å²) in [7, 11) is 3.14. The van der Waals surface area contributed by atoms with Gasteiger partial charge in [0.05, 0.1) is 20.6 Å². The summed E-state index contributed by atoms with van der Waals surface area (Å²) in [5.41, 5.74) is 2.96. The van der Waals surface area contributed by atoms with Gasteiger partial charge in [0.15, 0.2) is 11.5 Å². The summed E-state index contributed by atoms with van der Waals surface area (Å²) in [4.78, 5) is 12.3. The van der Waals surface area contributed by atoms with E-state index in [1.54, 1.807) is 26.4 Å². The quantitative estimate of drug-likeness (QED) is 0.717. The van der Waals surface area contributed by atoms with Crippen molar-refractivity contribution in [2.24, 2.45) is 0 Å². The largest absolute Gasteiger partial charge is 0.493 e. The molecule has 134 valence electrons. The fourth-order valence-corrected chi connectivity index (χ4v) is 3.39. The topological polar surface area (TPSA) is 73.3 Å². The van der Waals surface area contributed by atoms with E-state index < -0.39 is 0 Å². The van der Waals surface area contributed by atoms with Gasteiger partial charge in [-0.1, -0.05) is 41.7 Å². The number of hydrogen-bond donors (Lipinski definition) is 1. The van der Waals surface area contributed by atoms with Gasteiger partial charge in [0.2, 0.25) is 11.0 Å². The van der Waals surface area contributed by atoms with Crippen LogP contribution in [0.25, 0.3) is 10.6 Å². The lowest BCUT2D eigenvalue weighted by atomic mass is 10.1. The number of benzene rings is 2. The highest BCUT2D eigenvalue weighted by Crippen LogP contribution is 2.29. The van der Waals surface area contributed by atoms with Crippen LogP contribution in [0.5, 0.6) is 11.5 Å². The maximum atomic E-state index is 12.3. The average molecular weight is 369 g/mol. The molecule has 0 fully saturated rings. The minimum atomic E-state index is -0.162. The van der Waals surface area contributed by atoms with Gasteiger partial charge in [0, 0.05) is 5.56 Å². The molecule has 26 heavy (non-hydrogen) atoms. The first-order valence-electron chi connectivity index (χ1n) is 8.01. The number of carbonyl (C=O) groups is 1. The van der Waals surface area contributed by atoms with Crippen LogP contribution in [0.15, 0.2) is 42.5 Å². The molecule has 0 aliphatic heterocycles. The molecule has 0 atom stereocenters. The van der Waals surface area contributed by atoms with Crippen LogP contribution in [0.2, 0.25) is 0 Å². The van der Waals surface area contributed by atoms with E-state index in [0.29, 0.717) is 16.6 Å². The number of aromatic nitrogens is 2. The molecule has 1 aromatic heterocycles. The number of nitrogens with one attached hydrogen (secondary N) is 1. The maximum absolute atomic E-state index is 12.3. The summed E-state index contributed by atoms with van der Waals surface area (Å²) < 4.78 is 10.5. The summed E-state index contributed by atoms with van der Waals surface area (Å²) in [6.45, 7) is 2.02. The Hall–Kier alpha value is -2.93. The number of ether oxygens (including phenoxy) is 2. The van der Waals surface area contributed by atoms with Crippen LogP contribution in [0, 0.1) is 6.92 Å². The van der Waals surface area contributed by atoms with Crippen LogP contribution < -0.4 is 14.8 Å². The molecule has 0 unspecified atom stereocenters. The van der Waals surface area contributed by atoms with Gasteiger partial charge in [-0.2, -0.15) is 0 Å². The van der Waals surface area contributed by atoms with E-state index in [0.717, 1.165) is 21.7 Å². The number of hydrogen-bond acceptors (Lipinski definition) is 6. The van der Waals surface area contributed by atoms with Crippen LogP contribution >= 0.6 is 11.3 Å². The third-order valence-electron chi connectivity index (χ3n) is 3.86. The summed E-state index contributed by atoms with van der Waals surface area (Å²) in [6, 6.07) is 13.3. The van der Waals surface area contributed by atoms with Gasteiger partial charge in [-0.15, -0.1) is 10.2 Å². The van der Waals surface area contributed by atoms with E-state index in [9.17, 15) is 4.79 Å². The highest BCUT2D eigenvalue weighted by atomic mass is 32.1. The van der Waals surface area contributed by atoms with Crippen LogP contribution in [-0.2, 0) is 11.2 Å². The van der Waals surface area contributed by atoms with Crippen molar-refractivity contribution >= 4 is 22.4 Å². The number of anilines is 1. The molecule has 3 rings (SSSR count). The SMILES string of the molecule is COc1ccc(CC(=O)Nc2nnc(-c3ccccc3C)s2)cc1OC. The number of aryl methyl sites for hydroxylation is 1. The second kappa shape index (κ2) is 7.97. The third-order valence-corrected chi connectivity index (χ3v) is 4.73. The zero-order valence-electron chi connectivity index (χ0n) is 14.8. The first-order chi connectivity index (χ1) is 12.6. The first-order valence-corrected chi connectivity index (χ1v) is 8.82. The summed E-state index contributed by atoms with van der Waals surface area (Å²) >= 11 is 1.35. The third kappa shape index (κ3) is 4.00. The number of carbonyl (C=O) groups excluding carboxylic acids is 1. The van der Waals surface area contributed by atoms with E-state index in [2.05, 4.69) is 15.5 Å². The monoisotopic (exact) mass is 369 g/mol. The molecule has 2 aromatic carbocycles. The molecular formula is C19H19N3O3S. The second-order valence-electron chi connectivity index (χ2n) is 5.64. The van der Waals surface area contributed by atoms with Crippen molar-refractivity contribution in [2.75, 3.05) is 19.5 Å². The number of methoxy groups -OCH3 is 2. The highest BCUT2D eigenvalue weighted by molar-refractivity contribution is 7.18. The van der Waals surface area contributed by atoms with Gasteiger partial charge in [-0.3, -0.25) is 4.79 Å². The molecule has 0 saturated heterocycles. The highest BCUT2D eigenvalue weighted by Gasteiger charge is 2.13. The zero-order chi connectivity index (χ0) is 18.5. The first kappa shape index (κ1) is 17.9. The van der Waals surface area contributed by atoms with Crippen molar-refractivity contribution < 1.29 is 14.3 Å². The molecule has 0 bridgehead atoms. The number of amides is 1. The Kier molecular flexibility index (Phi) is 5.48. The second-order valence-corrected chi connectivity index (χ2v) is 6.62. The van der Waals surface area contributed by atoms with E-state index in [4.69, 9.17) is 9.47 Å². The molecule has 3 aromatic rings. The Balaban J connectivity index is 1.68. The van der Waals surface area contributed by atoms with Gasteiger partial charge in [-0.05, 0) is 30.2 Å². The van der Waals surface area contributed by atoms with Crippen molar-refractivity contribution in [3.8, 4) is 22.1 Å². The van der Waals surface area contributed by atoms with Crippen LogP contribution in [0.3, 0.4) is 0 Å². The van der Waals surface area contributed by atoms with Crippen molar-refractivity contribution in [3.63, 3.8) is 0 Å². The number of nitrogens with zero attached hydrogens (tertiary/aromatic N) is 2. The number of rotatable bonds is 6. The van der Waals surface area contributed by atoms with Crippen LogP contribution in [0.1, 0.15) is 11.1 Å². The van der Waals surface area contributed by atoms with Crippen molar-refractivity contribution in [3.05, 3.63) is 53.6 Å². The van der Waals surface area contributed by atoms with Crippen molar-refractivity contribution in [1.82, 2.24) is 10.2 Å². The van der Waals surface area contributed by atoms with Gasteiger partial charge in [0.25, 0.3) is 0 Å². The van der Waals surface area contributed by atoms with E-state index in [1.807, 2.05) is 37.3 Å². The summed E-state index contributed by atoms with van der Waals surface area (Å²) in [6.07, 6.45) is 0.208. The van der Waals surface area contributed by atoms with Crippen LogP contribution in [0.4, 0.5) is 5.13 Å². The fraction of sp³-hybridized carbons (Fsp3) is 0.211. The molecule has 0 aliphatic rings. The summed E-state index contributed by atoms with van der Waals surface area (Å²) in [5.74, 6) is 1.06. The predicted octanol–water partition coefficient (Wildman–Crippen LogP) is 3.71. The lowest BCUT2D eigenvalue weighted by Gasteiger charge is -2.09. The van der Waals surface area contributed by atoms with Crippen molar-refractivity contribution in [2.45, 2.75) is 13.3 Å². The molecule has 1 N–H and O–H groups in total. The van der Waals surface area contributed by atoms with Gasteiger partial charge in [-0.25, -0.2) is 0 Å². The normalized spacial score (nSPS) is 10.4. The minimum Gasteiger partial charge on any atom is -0.493 e. The standard InChI is InChI=1S/C19H19N3O3S/c1-12-6-4-5-7-14(12)18-21-22-19(26-18)20-17(23)11-13-8-9-15(24-2)16(10-13)25-3/h4-10H,11H2,1-3H3,(H,20,22,23). The minimum absolute atomic E-state index is 0.162. The Morgan fingerprint density at radius 2 is 1.85 bits per heavy atom. The lowest BCUT2D eigenvalue weighted by molar-refractivity contribution is -0.115. The average Bonchev–Trinajstić information content (AvgIpc) is 3.10. The van der Waals surface area contributed by atoms with E-state index in [-0.39, 0.29) is 12.3 Å². The molecular weight excluding hydrogens is 350 g/mol. The molecule has 0 aliphatic carbocycles. The Morgan fingerprint density at radius 1 is 1.08 bits per heavy atom. The zero-order valence-corrected chi connectivity index (χ0v) is 15.6. The Bertz CT molecular complexity index is 924. The van der Waals surface area contributed by atoms with E-state index >= 15 is 0 Å². The molecule has 1 heterocycles. The van der Waals surface area contributed by atoms with Crippen LogP contribution in [-0.4, -0.2) is 30.3 Å². The van der Waals surface area contributed by atoms with Gasteiger partial charge >= 0.3 is 0 Å². The Morgan fingerprint density at radius 3 is 2.58 bits per heavy atom. The Labute approximate surface area is 155 Å². The molecule has 1 amide bonds. The van der Waals surface area contributed by atoms with E-state index in [1.165, 1.54) is 11.3 Å². The molecule has 0 spiro atoms. The molecule has 7 heteroatoms. The van der Waals surface area contributed by atoms with Gasteiger partial charge in [0.1, 0.15) is 5.01 Å².